The summed E-state index contributed by atoms with van der Waals surface area (Å²) in [5.41, 5.74) is 5.25. The molecule has 1 amide bonds. The molecule has 11 heavy (non-hydrogen) atoms. The predicted octanol–water partition coefficient (Wildman–Crippen LogP) is -0.161. The number of amidine groups is 1. The smallest absolute Gasteiger partial charge is 0.230 e. The van der Waals surface area contributed by atoms with Crippen LogP contribution in [0.4, 0.5) is 0 Å². The van der Waals surface area contributed by atoms with Gasteiger partial charge in [-0.15, -0.1) is 0 Å². The lowest BCUT2D eigenvalue weighted by Gasteiger charge is -2.09. The van der Waals surface area contributed by atoms with Crippen molar-refractivity contribution in [3.63, 3.8) is 0 Å². The van der Waals surface area contributed by atoms with Gasteiger partial charge in [-0.1, -0.05) is 6.42 Å². The van der Waals surface area contributed by atoms with Crippen LogP contribution in [0.3, 0.4) is 0 Å². The Balaban J connectivity index is 2.59. The Morgan fingerprint density at radius 2 is 2.36 bits per heavy atom. The van der Waals surface area contributed by atoms with Crippen LogP contribution in [0.5, 0.6) is 0 Å². The molecule has 4 nitrogen and oxygen atoms in total. The Labute approximate surface area is 65.7 Å². The summed E-state index contributed by atoms with van der Waals surface area (Å²) in [4.78, 5) is 11.1. The zero-order valence-electron chi connectivity index (χ0n) is 6.39. The van der Waals surface area contributed by atoms with Crippen molar-refractivity contribution in [3.05, 3.63) is 0 Å². The van der Waals surface area contributed by atoms with Crippen molar-refractivity contribution in [2.24, 2.45) is 11.7 Å². The van der Waals surface area contributed by atoms with Gasteiger partial charge in [0.1, 0.15) is 5.84 Å². The molecule has 1 aliphatic rings. The summed E-state index contributed by atoms with van der Waals surface area (Å²) in [6.07, 6.45) is 2.69. The number of hydrogen-bond acceptors (Lipinski definition) is 2. The van der Waals surface area contributed by atoms with E-state index in [9.17, 15) is 4.79 Å². The highest BCUT2D eigenvalue weighted by molar-refractivity contribution is 6.00. The quantitative estimate of drug-likeness (QED) is 0.363. The number of carbonyl (C=O) groups is 1. The van der Waals surface area contributed by atoms with Gasteiger partial charge in [-0.05, 0) is 12.8 Å². The molecule has 0 aromatic rings. The van der Waals surface area contributed by atoms with Crippen molar-refractivity contribution in [2.75, 3.05) is 6.54 Å². The number of rotatable bonds is 1. The first kappa shape index (κ1) is 8.04. The Morgan fingerprint density at radius 1 is 1.64 bits per heavy atom. The van der Waals surface area contributed by atoms with E-state index < -0.39 is 0 Å². The maximum atomic E-state index is 11.1. The van der Waals surface area contributed by atoms with Crippen molar-refractivity contribution < 1.29 is 4.79 Å². The van der Waals surface area contributed by atoms with E-state index >= 15 is 0 Å². The molecule has 0 aliphatic carbocycles. The molecule has 4 N–H and O–H groups in total. The largest absolute Gasteiger partial charge is 0.387 e. The molecule has 62 valence electrons. The first-order valence-corrected chi connectivity index (χ1v) is 3.83. The van der Waals surface area contributed by atoms with Crippen LogP contribution in [0.1, 0.15) is 19.3 Å². The second kappa shape index (κ2) is 3.37. The summed E-state index contributed by atoms with van der Waals surface area (Å²) >= 11 is 0. The van der Waals surface area contributed by atoms with Gasteiger partial charge in [0, 0.05) is 6.54 Å². The molecule has 4 heteroatoms. The third-order valence-electron chi connectivity index (χ3n) is 1.91. The normalized spacial score (nSPS) is 25.5. The molecule has 0 aromatic carbocycles. The van der Waals surface area contributed by atoms with Gasteiger partial charge in [0.2, 0.25) is 5.91 Å². The number of nitrogens with two attached hydrogens (primary N) is 1. The van der Waals surface area contributed by atoms with Gasteiger partial charge < -0.3 is 11.1 Å². The average molecular weight is 155 g/mol. The van der Waals surface area contributed by atoms with Crippen molar-refractivity contribution in [1.82, 2.24) is 5.32 Å². The van der Waals surface area contributed by atoms with Crippen LogP contribution in [-0.4, -0.2) is 18.3 Å². The van der Waals surface area contributed by atoms with Crippen LogP contribution in [-0.2, 0) is 4.79 Å². The number of carbonyl (C=O) groups excluding carboxylic acids is 1. The molecule has 0 radical (unpaired) electrons. The zero-order valence-corrected chi connectivity index (χ0v) is 6.39. The summed E-state index contributed by atoms with van der Waals surface area (Å²) < 4.78 is 0. The molecule has 0 saturated carbocycles. The van der Waals surface area contributed by atoms with Crippen LogP contribution in [0.2, 0.25) is 0 Å². The average Bonchev–Trinajstić information content (AvgIpc) is 2.13. The fraction of sp³-hybridized carbons (Fsp3) is 0.714. The van der Waals surface area contributed by atoms with E-state index in [0.29, 0.717) is 0 Å². The van der Waals surface area contributed by atoms with Crippen LogP contribution in [0, 0.1) is 11.3 Å². The van der Waals surface area contributed by atoms with Gasteiger partial charge in [-0.3, -0.25) is 10.2 Å². The minimum absolute atomic E-state index is 0.00981. The van der Waals surface area contributed by atoms with Crippen molar-refractivity contribution in [2.45, 2.75) is 19.3 Å². The Bertz CT molecular complexity index is 179. The Morgan fingerprint density at radius 3 is 3.00 bits per heavy atom. The Kier molecular flexibility index (Phi) is 2.46. The highest BCUT2D eigenvalue weighted by Crippen LogP contribution is 2.11. The maximum Gasteiger partial charge on any atom is 0.230 e. The van der Waals surface area contributed by atoms with Gasteiger partial charge in [0.25, 0.3) is 0 Å². The monoisotopic (exact) mass is 155 g/mol. The summed E-state index contributed by atoms with van der Waals surface area (Å²) in [5, 5.41) is 9.85. The van der Waals surface area contributed by atoms with Crippen molar-refractivity contribution in [1.29, 1.82) is 5.41 Å². The fourth-order valence-corrected chi connectivity index (χ4v) is 1.24. The fourth-order valence-electron chi connectivity index (χ4n) is 1.24. The van der Waals surface area contributed by atoms with E-state index in [1.54, 1.807) is 0 Å². The highest BCUT2D eigenvalue weighted by Gasteiger charge is 2.22. The van der Waals surface area contributed by atoms with Gasteiger partial charge >= 0.3 is 0 Å². The van der Waals surface area contributed by atoms with Gasteiger partial charge in [-0.2, -0.15) is 0 Å². The van der Waals surface area contributed by atoms with Gasteiger partial charge in [-0.25, -0.2) is 0 Å². The van der Waals surface area contributed by atoms with E-state index in [2.05, 4.69) is 5.32 Å². The zero-order chi connectivity index (χ0) is 8.27. The third-order valence-corrected chi connectivity index (χ3v) is 1.91. The SMILES string of the molecule is N=C(N)C1CCCCNC1=O. The Hall–Kier alpha value is -1.06. The molecule has 1 fully saturated rings. The molecule has 1 unspecified atom stereocenters. The number of amides is 1. The molecular formula is C7H13N3O. The standard InChI is InChI=1S/C7H13N3O/c8-6(9)5-3-1-2-4-10-7(5)11/h5H,1-4H2,(H3,8,9)(H,10,11). The maximum absolute atomic E-state index is 11.1. The highest BCUT2D eigenvalue weighted by atomic mass is 16.1. The van der Waals surface area contributed by atoms with E-state index in [1.807, 2.05) is 0 Å². The first-order valence-electron chi connectivity index (χ1n) is 3.83. The lowest BCUT2D eigenvalue weighted by molar-refractivity contribution is -0.122. The van der Waals surface area contributed by atoms with Gasteiger partial charge in [0.05, 0.1) is 5.92 Å². The minimum atomic E-state index is -0.377. The van der Waals surface area contributed by atoms with Crippen LogP contribution < -0.4 is 11.1 Å². The van der Waals surface area contributed by atoms with Crippen molar-refractivity contribution >= 4 is 11.7 Å². The first-order chi connectivity index (χ1) is 5.22. The number of nitrogens with one attached hydrogen (secondary N) is 2. The molecule has 0 bridgehead atoms. The topological polar surface area (TPSA) is 79.0 Å². The second-order valence-electron chi connectivity index (χ2n) is 2.79. The van der Waals surface area contributed by atoms with E-state index in [1.165, 1.54) is 0 Å². The summed E-state index contributed by atoms with van der Waals surface area (Å²) in [6, 6.07) is 0. The van der Waals surface area contributed by atoms with Crippen molar-refractivity contribution in [3.8, 4) is 0 Å². The molecule has 1 aliphatic heterocycles. The van der Waals surface area contributed by atoms with Gasteiger partial charge in [0.15, 0.2) is 0 Å². The van der Waals surface area contributed by atoms with E-state index in [0.717, 1.165) is 25.8 Å². The minimum Gasteiger partial charge on any atom is -0.387 e. The molecule has 1 saturated heterocycles. The number of hydrogen-bond donors (Lipinski definition) is 3. The predicted molar refractivity (Wildman–Crippen MR) is 42.3 cm³/mol. The molecule has 1 heterocycles. The second-order valence-corrected chi connectivity index (χ2v) is 2.79. The molecule has 0 aromatic heterocycles. The molecule has 1 atom stereocenters. The van der Waals surface area contributed by atoms with Crippen LogP contribution in [0.25, 0.3) is 0 Å². The lowest BCUT2D eigenvalue weighted by Crippen LogP contribution is -2.36. The molecular weight excluding hydrogens is 142 g/mol. The summed E-state index contributed by atoms with van der Waals surface area (Å²) in [5.74, 6) is -0.475. The van der Waals surface area contributed by atoms with E-state index in [4.69, 9.17) is 11.1 Å². The van der Waals surface area contributed by atoms with Crippen LogP contribution >= 0.6 is 0 Å². The summed E-state index contributed by atoms with van der Waals surface area (Å²) in [7, 11) is 0. The van der Waals surface area contributed by atoms with Crippen LogP contribution in [0.15, 0.2) is 0 Å². The molecule has 0 spiro atoms. The lowest BCUT2D eigenvalue weighted by atomic mass is 10.0. The van der Waals surface area contributed by atoms with E-state index in [-0.39, 0.29) is 17.7 Å². The summed E-state index contributed by atoms with van der Waals surface area (Å²) in [6.45, 7) is 0.725. The third kappa shape index (κ3) is 1.93. The molecule has 1 rings (SSSR count).